The smallest absolute Gasteiger partial charge is 0.245 e. The maximum Gasteiger partial charge on any atom is 0.245 e. The maximum atomic E-state index is 12.1. The number of ether oxygens (including phenoxy) is 1. The van der Waals surface area contributed by atoms with Crippen molar-refractivity contribution in [2.45, 2.75) is 39.7 Å². The number of hydrogen-bond acceptors (Lipinski definition) is 3. The van der Waals surface area contributed by atoms with Crippen LogP contribution in [0.15, 0.2) is 0 Å². The number of carbonyl (C=O) groups excluding carboxylic acids is 2. The summed E-state index contributed by atoms with van der Waals surface area (Å²) in [5, 5.41) is 2.75. The van der Waals surface area contributed by atoms with Crippen LogP contribution in [0.5, 0.6) is 0 Å². The van der Waals surface area contributed by atoms with Crippen LogP contribution >= 0.6 is 0 Å². The van der Waals surface area contributed by atoms with E-state index in [-0.39, 0.29) is 17.9 Å². The van der Waals surface area contributed by atoms with E-state index in [4.69, 9.17) is 4.74 Å². The first-order valence-electron chi connectivity index (χ1n) is 6.70. The molecule has 104 valence electrons. The summed E-state index contributed by atoms with van der Waals surface area (Å²) in [6.07, 6.45) is 1.01. The Hall–Kier alpha value is -1.10. The molecule has 1 rings (SSSR count). The fourth-order valence-electron chi connectivity index (χ4n) is 1.89. The molecule has 5 heteroatoms. The van der Waals surface area contributed by atoms with Gasteiger partial charge >= 0.3 is 0 Å². The molecule has 0 bridgehead atoms. The zero-order chi connectivity index (χ0) is 13.5. The molecule has 0 radical (unpaired) electrons. The Morgan fingerprint density at radius 1 is 1.44 bits per heavy atom. The van der Waals surface area contributed by atoms with Crippen molar-refractivity contribution < 1.29 is 14.3 Å². The van der Waals surface area contributed by atoms with Gasteiger partial charge in [0, 0.05) is 26.1 Å². The van der Waals surface area contributed by atoms with Crippen LogP contribution < -0.4 is 5.32 Å². The summed E-state index contributed by atoms with van der Waals surface area (Å²) in [7, 11) is 0. The van der Waals surface area contributed by atoms with Gasteiger partial charge in [0.2, 0.25) is 11.8 Å². The second-order valence-corrected chi connectivity index (χ2v) is 5.07. The number of carbonyl (C=O) groups is 2. The summed E-state index contributed by atoms with van der Waals surface area (Å²) in [6, 6.07) is -0.370. The van der Waals surface area contributed by atoms with Crippen molar-refractivity contribution in [3.05, 3.63) is 0 Å². The highest BCUT2D eigenvalue weighted by atomic mass is 16.5. The van der Waals surface area contributed by atoms with E-state index in [1.54, 1.807) is 4.90 Å². The van der Waals surface area contributed by atoms with Crippen molar-refractivity contribution >= 4 is 11.8 Å². The summed E-state index contributed by atoms with van der Waals surface area (Å²) >= 11 is 0. The van der Waals surface area contributed by atoms with Crippen LogP contribution in [-0.2, 0) is 14.3 Å². The summed E-state index contributed by atoms with van der Waals surface area (Å²) in [5.41, 5.74) is 0. The van der Waals surface area contributed by atoms with Gasteiger partial charge in [-0.25, -0.2) is 0 Å². The molecule has 18 heavy (non-hydrogen) atoms. The molecule has 5 nitrogen and oxygen atoms in total. The molecular weight excluding hydrogens is 232 g/mol. The molecule has 1 heterocycles. The van der Waals surface area contributed by atoms with Crippen molar-refractivity contribution in [1.82, 2.24) is 10.2 Å². The number of amides is 2. The predicted octanol–water partition coefficient (Wildman–Crippen LogP) is 0.786. The molecule has 1 atom stereocenters. The molecule has 0 aromatic carbocycles. The zero-order valence-corrected chi connectivity index (χ0v) is 11.6. The van der Waals surface area contributed by atoms with Crippen LogP contribution in [0.1, 0.15) is 33.6 Å². The van der Waals surface area contributed by atoms with E-state index >= 15 is 0 Å². The zero-order valence-electron chi connectivity index (χ0n) is 11.6. The normalized spacial score (nSPS) is 21.1. The van der Waals surface area contributed by atoms with Crippen molar-refractivity contribution in [2.24, 2.45) is 5.92 Å². The minimum Gasteiger partial charge on any atom is -0.379 e. The van der Waals surface area contributed by atoms with Crippen LogP contribution in [0, 0.1) is 5.92 Å². The third-order valence-corrected chi connectivity index (χ3v) is 2.92. The van der Waals surface area contributed by atoms with Gasteiger partial charge in [0.25, 0.3) is 0 Å². The number of rotatable bonds is 6. The Bertz CT molecular complexity index is 292. The number of hydrogen-bond donors (Lipinski definition) is 1. The van der Waals surface area contributed by atoms with Crippen molar-refractivity contribution in [2.75, 3.05) is 26.3 Å². The van der Waals surface area contributed by atoms with Crippen LogP contribution in [0.3, 0.4) is 0 Å². The third kappa shape index (κ3) is 4.64. The lowest BCUT2D eigenvalue weighted by Gasteiger charge is -2.23. The van der Waals surface area contributed by atoms with Gasteiger partial charge in [0.05, 0.1) is 6.61 Å². The van der Waals surface area contributed by atoms with Crippen LogP contribution in [-0.4, -0.2) is 49.1 Å². The van der Waals surface area contributed by atoms with Gasteiger partial charge in [0.1, 0.15) is 6.04 Å². The van der Waals surface area contributed by atoms with Gasteiger partial charge in [-0.05, 0) is 12.3 Å². The van der Waals surface area contributed by atoms with Crippen LogP contribution in [0.2, 0.25) is 0 Å². The Morgan fingerprint density at radius 2 is 2.17 bits per heavy atom. The van der Waals surface area contributed by atoms with Gasteiger partial charge in [-0.1, -0.05) is 20.8 Å². The third-order valence-electron chi connectivity index (χ3n) is 2.92. The second kappa shape index (κ2) is 7.36. The minimum atomic E-state index is -0.370. The van der Waals surface area contributed by atoms with E-state index in [9.17, 15) is 9.59 Å². The molecule has 0 aromatic heterocycles. The van der Waals surface area contributed by atoms with E-state index in [0.717, 1.165) is 0 Å². The first-order valence-corrected chi connectivity index (χ1v) is 6.70. The fourth-order valence-corrected chi connectivity index (χ4v) is 1.89. The van der Waals surface area contributed by atoms with E-state index in [1.165, 1.54) is 0 Å². The largest absolute Gasteiger partial charge is 0.379 e. The highest BCUT2D eigenvalue weighted by Crippen LogP contribution is 2.06. The Morgan fingerprint density at radius 3 is 2.78 bits per heavy atom. The molecule has 0 saturated carbocycles. The number of nitrogens with one attached hydrogen (secondary N) is 1. The Kier molecular flexibility index (Phi) is 6.12. The van der Waals surface area contributed by atoms with Crippen LogP contribution in [0.4, 0.5) is 0 Å². The Balaban J connectivity index is 2.42. The van der Waals surface area contributed by atoms with Crippen molar-refractivity contribution in [3.8, 4) is 0 Å². The topological polar surface area (TPSA) is 58.6 Å². The molecule has 1 saturated heterocycles. The fraction of sp³-hybridized carbons (Fsp3) is 0.846. The summed E-state index contributed by atoms with van der Waals surface area (Å²) in [4.78, 5) is 25.3. The van der Waals surface area contributed by atoms with E-state index < -0.39 is 0 Å². The molecular formula is C13H24N2O3. The molecule has 0 spiro atoms. The average Bonchev–Trinajstić information content (AvgIpc) is 2.46. The predicted molar refractivity (Wildman–Crippen MR) is 69.1 cm³/mol. The molecule has 2 amide bonds. The lowest BCUT2D eigenvalue weighted by atomic mass is 10.2. The highest BCUT2D eigenvalue weighted by molar-refractivity contribution is 5.89. The van der Waals surface area contributed by atoms with E-state index in [2.05, 4.69) is 19.2 Å². The van der Waals surface area contributed by atoms with E-state index in [1.807, 2.05) is 6.92 Å². The monoisotopic (exact) mass is 256 g/mol. The molecule has 1 aliphatic rings. The molecule has 1 unspecified atom stereocenters. The molecule has 0 aliphatic carbocycles. The average molecular weight is 256 g/mol. The Labute approximate surface area is 109 Å². The lowest BCUT2D eigenvalue weighted by Crippen LogP contribution is -2.45. The van der Waals surface area contributed by atoms with Crippen LogP contribution in [0.25, 0.3) is 0 Å². The SMILES string of the molecule is CCC1NC(=O)CCN(CCOCC(C)C)C1=O. The second-order valence-electron chi connectivity index (χ2n) is 5.07. The van der Waals surface area contributed by atoms with E-state index in [0.29, 0.717) is 45.1 Å². The first kappa shape index (κ1) is 15.0. The minimum absolute atomic E-state index is 0.0106. The van der Waals surface area contributed by atoms with Gasteiger partial charge < -0.3 is 15.0 Å². The molecule has 1 fully saturated rings. The summed E-state index contributed by atoms with van der Waals surface area (Å²) in [5.74, 6) is 0.466. The van der Waals surface area contributed by atoms with Gasteiger partial charge in [-0.3, -0.25) is 9.59 Å². The summed E-state index contributed by atoms with van der Waals surface area (Å²) in [6.45, 7) is 8.38. The molecule has 1 N–H and O–H groups in total. The van der Waals surface area contributed by atoms with Gasteiger partial charge in [-0.2, -0.15) is 0 Å². The lowest BCUT2D eigenvalue weighted by molar-refractivity contribution is -0.134. The highest BCUT2D eigenvalue weighted by Gasteiger charge is 2.27. The number of nitrogens with zero attached hydrogens (tertiary/aromatic N) is 1. The standard InChI is InChI=1S/C13H24N2O3/c1-4-11-13(17)15(6-5-12(16)14-11)7-8-18-9-10(2)3/h10-11H,4-9H2,1-3H3,(H,14,16). The summed E-state index contributed by atoms with van der Waals surface area (Å²) < 4.78 is 5.48. The first-order chi connectivity index (χ1) is 8.54. The van der Waals surface area contributed by atoms with Gasteiger partial charge in [0.15, 0.2) is 0 Å². The molecule has 0 aromatic rings. The van der Waals surface area contributed by atoms with Crippen molar-refractivity contribution in [3.63, 3.8) is 0 Å². The quantitative estimate of drug-likeness (QED) is 0.715. The maximum absolute atomic E-state index is 12.1. The molecule has 1 aliphatic heterocycles. The van der Waals surface area contributed by atoms with Gasteiger partial charge in [-0.15, -0.1) is 0 Å². The van der Waals surface area contributed by atoms with Crippen molar-refractivity contribution in [1.29, 1.82) is 0 Å².